The number of nitrogens with two attached hydrogens (primary N) is 1. The van der Waals surface area contributed by atoms with Crippen molar-refractivity contribution in [1.82, 2.24) is 9.80 Å². The number of nitrogens with zero attached hydrogens (tertiary/aromatic N) is 2. The zero-order valence-electron chi connectivity index (χ0n) is 13.8. The Morgan fingerprint density at radius 1 is 1.08 bits per heavy atom. The second kappa shape index (κ2) is 7.38. The summed E-state index contributed by atoms with van der Waals surface area (Å²) in [6, 6.07) is 10.0. The van der Waals surface area contributed by atoms with Gasteiger partial charge in [0, 0.05) is 32.7 Å². The molecule has 1 saturated heterocycles. The van der Waals surface area contributed by atoms with E-state index in [-0.39, 0.29) is 10.8 Å². The van der Waals surface area contributed by atoms with Crippen LogP contribution in [0.3, 0.4) is 0 Å². The topological polar surface area (TPSA) is 96.9 Å². The first-order valence-corrected chi connectivity index (χ1v) is 9.65. The van der Waals surface area contributed by atoms with Crippen LogP contribution in [0.4, 0.5) is 0 Å². The number of sulfonamides is 1. The average Bonchev–Trinajstić information content (AvgIpc) is 3.14. The van der Waals surface area contributed by atoms with Gasteiger partial charge in [-0.25, -0.2) is 13.6 Å². The molecule has 0 bridgehead atoms. The first kappa shape index (κ1) is 17.7. The molecule has 0 saturated carbocycles. The molecule has 2 heterocycles. The smallest absolute Gasteiger partial charge is 0.289 e. The summed E-state index contributed by atoms with van der Waals surface area (Å²) in [5.41, 5.74) is 1.06. The zero-order chi connectivity index (χ0) is 17.9. The number of amides is 1. The molecular formula is C17H21N3O4S. The van der Waals surface area contributed by atoms with Crippen molar-refractivity contribution in [3.05, 3.63) is 54.0 Å². The predicted octanol–water partition coefficient (Wildman–Crippen LogP) is 0.927. The Morgan fingerprint density at radius 3 is 2.32 bits per heavy atom. The normalized spacial score (nSPS) is 16.1. The maximum atomic E-state index is 12.2. The van der Waals surface area contributed by atoms with Gasteiger partial charge in [-0.2, -0.15) is 0 Å². The van der Waals surface area contributed by atoms with Crippen LogP contribution in [0.1, 0.15) is 16.1 Å². The summed E-state index contributed by atoms with van der Waals surface area (Å²) in [4.78, 5) is 16.4. The number of carbonyl (C=O) groups excluding carboxylic acids is 1. The van der Waals surface area contributed by atoms with Gasteiger partial charge in [0.05, 0.1) is 11.2 Å². The van der Waals surface area contributed by atoms with Crippen LogP contribution in [-0.4, -0.2) is 56.8 Å². The lowest BCUT2D eigenvalue weighted by molar-refractivity contribution is 0.0607. The van der Waals surface area contributed by atoms with Crippen molar-refractivity contribution in [2.45, 2.75) is 11.3 Å². The van der Waals surface area contributed by atoms with Crippen molar-refractivity contribution >= 4 is 15.9 Å². The first-order chi connectivity index (χ1) is 11.9. The minimum atomic E-state index is -3.64. The monoisotopic (exact) mass is 363 g/mol. The molecule has 1 aromatic carbocycles. The molecule has 8 heteroatoms. The third-order valence-electron chi connectivity index (χ3n) is 4.36. The predicted molar refractivity (Wildman–Crippen MR) is 92.6 cm³/mol. The van der Waals surface area contributed by atoms with Crippen molar-refractivity contribution in [3.8, 4) is 0 Å². The van der Waals surface area contributed by atoms with E-state index in [0.717, 1.165) is 31.6 Å². The maximum Gasteiger partial charge on any atom is 0.289 e. The van der Waals surface area contributed by atoms with Gasteiger partial charge in [0.15, 0.2) is 5.76 Å². The SMILES string of the molecule is NS(=O)(=O)c1ccc(CCN2CCN(C(=O)c3ccco3)CC2)cc1. The van der Waals surface area contributed by atoms with Crippen LogP contribution in [-0.2, 0) is 16.4 Å². The molecule has 0 spiro atoms. The van der Waals surface area contributed by atoms with Gasteiger partial charge in [-0.15, -0.1) is 0 Å². The lowest BCUT2D eigenvalue weighted by Crippen LogP contribution is -2.49. The molecule has 134 valence electrons. The van der Waals surface area contributed by atoms with Gasteiger partial charge in [0.1, 0.15) is 0 Å². The van der Waals surface area contributed by atoms with E-state index in [1.807, 2.05) is 0 Å². The van der Waals surface area contributed by atoms with Gasteiger partial charge in [-0.3, -0.25) is 9.69 Å². The molecule has 1 aromatic heterocycles. The molecule has 0 atom stereocenters. The molecular weight excluding hydrogens is 342 g/mol. The van der Waals surface area contributed by atoms with E-state index in [1.54, 1.807) is 29.2 Å². The van der Waals surface area contributed by atoms with Crippen molar-refractivity contribution < 1.29 is 17.6 Å². The van der Waals surface area contributed by atoms with Crippen LogP contribution < -0.4 is 5.14 Å². The summed E-state index contributed by atoms with van der Waals surface area (Å²) < 4.78 is 27.7. The minimum Gasteiger partial charge on any atom is -0.459 e. The molecule has 3 rings (SSSR count). The molecule has 25 heavy (non-hydrogen) atoms. The summed E-state index contributed by atoms with van der Waals surface area (Å²) in [5, 5.41) is 5.10. The third-order valence-corrected chi connectivity index (χ3v) is 5.29. The minimum absolute atomic E-state index is 0.0665. The summed E-state index contributed by atoms with van der Waals surface area (Å²) in [7, 11) is -3.64. The van der Waals surface area contributed by atoms with E-state index < -0.39 is 10.0 Å². The summed E-state index contributed by atoms with van der Waals surface area (Å²) >= 11 is 0. The van der Waals surface area contributed by atoms with Gasteiger partial charge in [0.25, 0.3) is 5.91 Å². The first-order valence-electron chi connectivity index (χ1n) is 8.10. The van der Waals surface area contributed by atoms with Gasteiger partial charge >= 0.3 is 0 Å². The van der Waals surface area contributed by atoms with Crippen LogP contribution >= 0.6 is 0 Å². The lowest BCUT2D eigenvalue weighted by atomic mass is 10.1. The van der Waals surface area contributed by atoms with Crippen LogP contribution in [0.5, 0.6) is 0 Å². The Labute approximate surface area is 147 Å². The summed E-state index contributed by atoms with van der Waals surface area (Å²) in [6.45, 7) is 3.81. The molecule has 1 aliphatic rings. The fourth-order valence-electron chi connectivity index (χ4n) is 2.86. The molecule has 1 aliphatic heterocycles. The maximum absolute atomic E-state index is 12.2. The van der Waals surface area contributed by atoms with Crippen molar-refractivity contribution in [3.63, 3.8) is 0 Å². The highest BCUT2D eigenvalue weighted by Crippen LogP contribution is 2.12. The second-order valence-corrected chi connectivity index (χ2v) is 7.61. The van der Waals surface area contributed by atoms with E-state index in [1.165, 1.54) is 18.4 Å². The fraction of sp³-hybridized carbons (Fsp3) is 0.353. The largest absolute Gasteiger partial charge is 0.459 e. The van der Waals surface area contributed by atoms with Gasteiger partial charge in [-0.1, -0.05) is 12.1 Å². The molecule has 1 fully saturated rings. The second-order valence-electron chi connectivity index (χ2n) is 6.05. The van der Waals surface area contributed by atoms with Crippen molar-refractivity contribution in [1.29, 1.82) is 0 Å². The highest BCUT2D eigenvalue weighted by molar-refractivity contribution is 7.89. The molecule has 0 radical (unpaired) electrons. The van der Waals surface area contributed by atoms with Gasteiger partial charge in [0.2, 0.25) is 10.0 Å². The van der Waals surface area contributed by atoms with E-state index in [2.05, 4.69) is 4.90 Å². The molecule has 7 nitrogen and oxygen atoms in total. The number of hydrogen-bond donors (Lipinski definition) is 1. The zero-order valence-corrected chi connectivity index (χ0v) is 14.6. The van der Waals surface area contributed by atoms with E-state index in [0.29, 0.717) is 18.8 Å². The molecule has 2 N–H and O–H groups in total. The van der Waals surface area contributed by atoms with E-state index in [9.17, 15) is 13.2 Å². The number of rotatable bonds is 5. The molecule has 2 aromatic rings. The van der Waals surface area contributed by atoms with Crippen LogP contribution in [0.25, 0.3) is 0 Å². The highest BCUT2D eigenvalue weighted by Gasteiger charge is 2.23. The Morgan fingerprint density at radius 2 is 1.76 bits per heavy atom. The van der Waals surface area contributed by atoms with Gasteiger partial charge in [-0.05, 0) is 36.2 Å². The molecule has 0 unspecified atom stereocenters. The summed E-state index contributed by atoms with van der Waals surface area (Å²) in [6.07, 6.45) is 2.32. The fourth-order valence-corrected chi connectivity index (χ4v) is 3.38. The van der Waals surface area contributed by atoms with Crippen molar-refractivity contribution in [2.24, 2.45) is 5.14 Å². The van der Waals surface area contributed by atoms with Crippen LogP contribution in [0, 0.1) is 0 Å². The Bertz CT molecular complexity index is 808. The van der Waals surface area contributed by atoms with E-state index >= 15 is 0 Å². The average molecular weight is 363 g/mol. The number of primary sulfonamides is 1. The number of hydrogen-bond acceptors (Lipinski definition) is 5. The van der Waals surface area contributed by atoms with Crippen molar-refractivity contribution in [2.75, 3.05) is 32.7 Å². The number of furan rings is 1. The Kier molecular flexibility index (Phi) is 5.22. The quantitative estimate of drug-likeness (QED) is 0.852. The Hall–Kier alpha value is -2.16. The number of benzene rings is 1. The van der Waals surface area contributed by atoms with E-state index in [4.69, 9.17) is 9.56 Å². The third kappa shape index (κ3) is 4.47. The van der Waals surface area contributed by atoms with Crippen LogP contribution in [0.15, 0.2) is 52.0 Å². The standard InChI is InChI=1S/C17H21N3O4S/c18-25(22,23)15-5-3-14(4-6-15)7-8-19-9-11-20(12-10-19)17(21)16-2-1-13-24-16/h1-6,13H,7-12H2,(H2,18,22,23). The molecule has 1 amide bonds. The molecule has 0 aliphatic carbocycles. The number of carbonyl (C=O) groups is 1. The van der Waals surface area contributed by atoms with Crippen LogP contribution in [0.2, 0.25) is 0 Å². The Balaban J connectivity index is 1.47. The summed E-state index contributed by atoms with van der Waals surface area (Å²) in [5.74, 6) is 0.312. The highest BCUT2D eigenvalue weighted by atomic mass is 32.2. The lowest BCUT2D eigenvalue weighted by Gasteiger charge is -2.34. The van der Waals surface area contributed by atoms with Gasteiger partial charge < -0.3 is 9.32 Å². The number of piperazine rings is 1.